The van der Waals surface area contributed by atoms with E-state index in [2.05, 4.69) is 4.72 Å². The largest absolute Gasteiger partial charge is 0.481 e. The van der Waals surface area contributed by atoms with E-state index in [0.29, 0.717) is 6.42 Å². The zero-order valence-electron chi connectivity index (χ0n) is 9.74. The van der Waals surface area contributed by atoms with E-state index in [1.54, 1.807) is 17.5 Å². The van der Waals surface area contributed by atoms with Crippen molar-refractivity contribution in [2.45, 2.75) is 23.8 Å². The summed E-state index contributed by atoms with van der Waals surface area (Å²) in [5.41, 5.74) is 0. The molecule has 0 saturated carbocycles. The van der Waals surface area contributed by atoms with Crippen molar-refractivity contribution in [1.82, 2.24) is 4.72 Å². The molecular formula is C11H12ClNO4S2. The van der Waals surface area contributed by atoms with Crippen LogP contribution in [0.1, 0.15) is 12.8 Å². The SMILES string of the molecule is O=C(O)[C@@H]1CC=C[C@@H](NS(=O)(=O)c2ccsc2Cl)C1. The number of carbonyl (C=O) groups is 1. The van der Waals surface area contributed by atoms with E-state index in [-0.39, 0.29) is 15.7 Å². The molecule has 1 aliphatic rings. The first-order valence-electron chi connectivity index (χ1n) is 5.55. The third-order valence-electron chi connectivity index (χ3n) is 2.86. The number of hydrogen-bond acceptors (Lipinski definition) is 4. The van der Waals surface area contributed by atoms with Gasteiger partial charge in [0.1, 0.15) is 9.23 Å². The summed E-state index contributed by atoms with van der Waals surface area (Å²) in [7, 11) is -3.71. The summed E-state index contributed by atoms with van der Waals surface area (Å²) in [6, 6.07) is 0.909. The Labute approximate surface area is 120 Å². The Kier molecular flexibility index (Phi) is 4.29. The first kappa shape index (κ1) is 14.5. The number of carboxylic acids is 1. The van der Waals surface area contributed by atoms with Crippen LogP contribution in [0.25, 0.3) is 0 Å². The molecule has 8 heteroatoms. The standard InChI is InChI=1S/C11H12ClNO4S2/c12-10-9(4-5-18-10)19(16,17)13-8-3-1-2-7(6-8)11(14)15/h1,3-5,7-8,13H,2,6H2,(H,14,15)/t7-,8-/m1/s1. The minimum Gasteiger partial charge on any atom is -0.481 e. The van der Waals surface area contributed by atoms with Crippen LogP contribution in [0.2, 0.25) is 4.34 Å². The fourth-order valence-electron chi connectivity index (χ4n) is 1.91. The van der Waals surface area contributed by atoms with Crippen LogP contribution in [0.4, 0.5) is 0 Å². The lowest BCUT2D eigenvalue weighted by Gasteiger charge is -2.22. The molecule has 2 rings (SSSR count). The van der Waals surface area contributed by atoms with Gasteiger partial charge in [-0.1, -0.05) is 23.8 Å². The first-order chi connectivity index (χ1) is 8.90. The normalized spacial score (nSPS) is 23.4. The van der Waals surface area contributed by atoms with Crippen LogP contribution in [0.5, 0.6) is 0 Å². The van der Waals surface area contributed by atoms with Gasteiger partial charge in [0.25, 0.3) is 0 Å². The molecule has 1 aromatic rings. The fraction of sp³-hybridized carbons (Fsp3) is 0.364. The van der Waals surface area contributed by atoms with Crippen LogP contribution in [0.3, 0.4) is 0 Å². The number of allylic oxidation sites excluding steroid dienone is 1. The maximum absolute atomic E-state index is 12.1. The Morgan fingerprint density at radius 3 is 2.84 bits per heavy atom. The number of rotatable bonds is 4. The number of thiophene rings is 1. The number of halogens is 1. The van der Waals surface area contributed by atoms with Crippen molar-refractivity contribution in [3.63, 3.8) is 0 Å². The third kappa shape index (κ3) is 3.36. The molecule has 104 valence electrons. The Hall–Kier alpha value is -0.890. The van der Waals surface area contributed by atoms with Gasteiger partial charge in [-0.2, -0.15) is 0 Å². The van der Waals surface area contributed by atoms with Crippen LogP contribution in [-0.4, -0.2) is 25.5 Å². The van der Waals surface area contributed by atoms with Gasteiger partial charge in [0.15, 0.2) is 0 Å². The predicted molar refractivity (Wildman–Crippen MR) is 72.9 cm³/mol. The van der Waals surface area contributed by atoms with Crippen molar-refractivity contribution in [2.24, 2.45) is 5.92 Å². The topological polar surface area (TPSA) is 83.5 Å². The molecule has 0 aliphatic heterocycles. The van der Waals surface area contributed by atoms with Crippen LogP contribution in [0.15, 0.2) is 28.5 Å². The van der Waals surface area contributed by atoms with E-state index in [1.165, 1.54) is 6.07 Å². The number of aliphatic carboxylic acids is 1. The Bertz CT molecular complexity index is 608. The van der Waals surface area contributed by atoms with Gasteiger partial charge in [0.05, 0.1) is 5.92 Å². The van der Waals surface area contributed by atoms with Crippen LogP contribution >= 0.6 is 22.9 Å². The van der Waals surface area contributed by atoms with E-state index >= 15 is 0 Å². The average Bonchev–Trinajstić information content (AvgIpc) is 2.76. The lowest BCUT2D eigenvalue weighted by Crippen LogP contribution is -2.37. The maximum Gasteiger partial charge on any atom is 0.306 e. The van der Waals surface area contributed by atoms with E-state index in [9.17, 15) is 13.2 Å². The highest BCUT2D eigenvalue weighted by Gasteiger charge is 2.28. The monoisotopic (exact) mass is 321 g/mol. The summed E-state index contributed by atoms with van der Waals surface area (Å²) in [6.07, 6.45) is 4.03. The van der Waals surface area contributed by atoms with Crippen LogP contribution in [0, 0.1) is 5.92 Å². The molecule has 0 radical (unpaired) electrons. The molecule has 0 fully saturated rings. The van der Waals surface area contributed by atoms with Crippen molar-refractivity contribution in [3.8, 4) is 0 Å². The zero-order valence-corrected chi connectivity index (χ0v) is 12.1. The molecule has 1 aromatic heterocycles. The number of sulfonamides is 1. The van der Waals surface area contributed by atoms with Crippen LogP contribution < -0.4 is 4.72 Å². The number of carboxylic acid groups (broad SMARTS) is 1. The number of nitrogens with one attached hydrogen (secondary N) is 1. The molecule has 0 bridgehead atoms. The van der Waals surface area contributed by atoms with Gasteiger partial charge >= 0.3 is 5.97 Å². The molecular weight excluding hydrogens is 310 g/mol. The highest BCUT2D eigenvalue weighted by molar-refractivity contribution is 7.89. The van der Waals surface area contributed by atoms with Gasteiger partial charge in [0, 0.05) is 6.04 Å². The summed E-state index contributed by atoms with van der Waals surface area (Å²) >= 11 is 6.94. The van der Waals surface area contributed by atoms with Gasteiger partial charge in [-0.05, 0) is 24.3 Å². The van der Waals surface area contributed by atoms with Crippen molar-refractivity contribution < 1.29 is 18.3 Å². The molecule has 19 heavy (non-hydrogen) atoms. The molecule has 1 aliphatic carbocycles. The van der Waals surface area contributed by atoms with Crippen LogP contribution in [-0.2, 0) is 14.8 Å². The Morgan fingerprint density at radius 2 is 2.26 bits per heavy atom. The Balaban J connectivity index is 2.13. The molecule has 0 aromatic carbocycles. The quantitative estimate of drug-likeness (QED) is 0.832. The van der Waals surface area contributed by atoms with E-state index in [1.807, 2.05) is 0 Å². The van der Waals surface area contributed by atoms with Crippen molar-refractivity contribution >= 4 is 38.9 Å². The summed E-state index contributed by atoms with van der Waals surface area (Å²) in [6.45, 7) is 0. The lowest BCUT2D eigenvalue weighted by molar-refractivity contribution is -0.142. The molecule has 0 spiro atoms. The second-order valence-electron chi connectivity index (χ2n) is 4.22. The highest BCUT2D eigenvalue weighted by Crippen LogP contribution is 2.28. The highest BCUT2D eigenvalue weighted by atomic mass is 35.5. The molecule has 0 amide bonds. The molecule has 1 heterocycles. The fourth-order valence-corrected chi connectivity index (χ4v) is 4.66. The Morgan fingerprint density at radius 1 is 1.53 bits per heavy atom. The smallest absolute Gasteiger partial charge is 0.306 e. The van der Waals surface area contributed by atoms with E-state index < -0.39 is 28.0 Å². The van der Waals surface area contributed by atoms with Crippen molar-refractivity contribution in [3.05, 3.63) is 27.9 Å². The summed E-state index contributed by atoms with van der Waals surface area (Å²) in [5, 5.41) is 10.5. The third-order valence-corrected chi connectivity index (χ3v) is 5.80. The van der Waals surface area contributed by atoms with Gasteiger partial charge in [-0.15, -0.1) is 11.3 Å². The molecule has 2 N–H and O–H groups in total. The second kappa shape index (κ2) is 5.62. The summed E-state index contributed by atoms with van der Waals surface area (Å²) in [5.74, 6) is -1.47. The van der Waals surface area contributed by atoms with Crippen molar-refractivity contribution in [1.29, 1.82) is 0 Å². The molecule has 0 unspecified atom stereocenters. The van der Waals surface area contributed by atoms with E-state index in [0.717, 1.165) is 11.3 Å². The minimum absolute atomic E-state index is 0.0324. The minimum atomic E-state index is -3.71. The number of hydrogen-bond donors (Lipinski definition) is 2. The van der Waals surface area contributed by atoms with E-state index in [4.69, 9.17) is 16.7 Å². The predicted octanol–water partition coefficient (Wildman–Crippen LogP) is 2.10. The second-order valence-corrected chi connectivity index (χ2v) is 7.42. The van der Waals surface area contributed by atoms with Gasteiger partial charge < -0.3 is 5.11 Å². The van der Waals surface area contributed by atoms with Gasteiger partial charge in [-0.25, -0.2) is 13.1 Å². The zero-order chi connectivity index (χ0) is 14.0. The summed E-state index contributed by atoms with van der Waals surface area (Å²) in [4.78, 5) is 11.0. The van der Waals surface area contributed by atoms with Gasteiger partial charge in [-0.3, -0.25) is 4.79 Å². The van der Waals surface area contributed by atoms with Crippen molar-refractivity contribution in [2.75, 3.05) is 0 Å². The maximum atomic E-state index is 12.1. The average molecular weight is 322 g/mol. The molecule has 5 nitrogen and oxygen atoms in total. The summed E-state index contributed by atoms with van der Waals surface area (Å²) < 4.78 is 26.8. The van der Waals surface area contributed by atoms with Gasteiger partial charge in [0.2, 0.25) is 10.0 Å². The molecule has 2 atom stereocenters. The molecule has 0 saturated heterocycles. The lowest BCUT2D eigenvalue weighted by atomic mass is 9.92. The first-order valence-corrected chi connectivity index (χ1v) is 8.29.